The highest BCUT2D eigenvalue weighted by molar-refractivity contribution is 8.00. The van der Waals surface area contributed by atoms with Crippen LogP contribution in [0, 0.1) is 0 Å². The largest absolute Gasteiger partial charge is 0.377 e. The molecule has 0 radical (unpaired) electrons. The lowest BCUT2D eigenvalue weighted by Gasteiger charge is -2.12. The molecule has 1 saturated heterocycles. The fraction of sp³-hybridized carbons (Fsp3) is 0.500. The first kappa shape index (κ1) is 14.9. The van der Waals surface area contributed by atoms with Gasteiger partial charge in [0.1, 0.15) is 0 Å². The molecule has 0 N–H and O–H groups in total. The van der Waals surface area contributed by atoms with Gasteiger partial charge < -0.3 is 4.90 Å². The molecule has 5 heteroatoms. The molecule has 0 spiro atoms. The van der Waals surface area contributed by atoms with Crippen molar-refractivity contribution in [3.63, 3.8) is 0 Å². The fourth-order valence-corrected chi connectivity index (χ4v) is 5.04. The summed E-state index contributed by atoms with van der Waals surface area (Å²) in [4.78, 5) is 27.6. The van der Waals surface area contributed by atoms with Gasteiger partial charge in [-0.2, -0.15) is 0 Å². The van der Waals surface area contributed by atoms with Crippen molar-refractivity contribution in [1.82, 2.24) is 4.90 Å². The normalized spacial score (nSPS) is 18.5. The van der Waals surface area contributed by atoms with Crippen LogP contribution in [0.4, 0.5) is 0 Å². The Labute approximate surface area is 133 Å². The number of fused-ring (bicyclic) bond motifs is 1. The van der Waals surface area contributed by atoms with Crippen LogP contribution in [-0.4, -0.2) is 35.8 Å². The van der Waals surface area contributed by atoms with Gasteiger partial charge >= 0.3 is 0 Å². The minimum Gasteiger partial charge on any atom is -0.377 e. The molecule has 0 atom stereocenters. The second kappa shape index (κ2) is 6.36. The standard InChI is InChI=1S/C16H19NO2S2/c1-20-16-14-11(5-4-6-12(14)18)15(21-16)13(19)7-10-17-8-2-3-9-17/h7,10H,2-6,8-9H2,1H3. The number of likely N-dealkylation sites (tertiary alicyclic amines) is 1. The Morgan fingerprint density at radius 3 is 2.71 bits per heavy atom. The first-order chi connectivity index (χ1) is 10.2. The van der Waals surface area contributed by atoms with Gasteiger partial charge in [0.25, 0.3) is 0 Å². The maximum atomic E-state index is 12.5. The van der Waals surface area contributed by atoms with Crippen molar-refractivity contribution in [2.75, 3.05) is 19.3 Å². The summed E-state index contributed by atoms with van der Waals surface area (Å²) in [5, 5.41) is 0. The second-order valence-corrected chi connectivity index (χ2v) is 7.57. The predicted octanol–water partition coefficient (Wildman–Crippen LogP) is 3.78. The van der Waals surface area contributed by atoms with Crippen LogP contribution in [0.2, 0.25) is 0 Å². The number of allylic oxidation sites excluding steroid dienone is 1. The van der Waals surface area contributed by atoms with Crippen molar-refractivity contribution in [2.45, 2.75) is 36.3 Å². The van der Waals surface area contributed by atoms with Gasteiger partial charge in [-0.05, 0) is 37.5 Å². The minimum atomic E-state index is 0.0538. The first-order valence-corrected chi connectivity index (χ1v) is 9.44. The molecule has 21 heavy (non-hydrogen) atoms. The Bertz CT molecular complexity index is 598. The van der Waals surface area contributed by atoms with Crippen molar-refractivity contribution < 1.29 is 9.59 Å². The molecule has 1 aromatic rings. The van der Waals surface area contributed by atoms with E-state index in [0.717, 1.165) is 46.1 Å². The summed E-state index contributed by atoms with van der Waals surface area (Å²) >= 11 is 3.07. The molecule has 0 bridgehead atoms. The van der Waals surface area contributed by atoms with E-state index in [9.17, 15) is 9.59 Å². The Morgan fingerprint density at radius 2 is 2.00 bits per heavy atom. The van der Waals surface area contributed by atoms with Crippen molar-refractivity contribution >= 4 is 34.7 Å². The van der Waals surface area contributed by atoms with E-state index >= 15 is 0 Å². The lowest BCUT2D eigenvalue weighted by Crippen LogP contribution is -2.13. The Kier molecular flexibility index (Phi) is 4.50. The van der Waals surface area contributed by atoms with E-state index in [1.165, 1.54) is 24.2 Å². The molecule has 1 aromatic heterocycles. The lowest BCUT2D eigenvalue weighted by molar-refractivity contribution is 0.0970. The van der Waals surface area contributed by atoms with Crippen LogP contribution in [0.3, 0.4) is 0 Å². The zero-order chi connectivity index (χ0) is 14.8. The van der Waals surface area contributed by atoms with E-state index in [0.29, 0.717) is 6.42 Å². The van der Waals surface area contributed by atoms with E-state index < -0.39 is 0 Å². The van der Waals surface area contributed by atoms with E-state index in [2.05, 4.69) is 4.90 Å². The molecular formula is C16H19NO2S2. The van der Waals surface area contributed by atoms with Crippen LogP contribution >= 0.6 is 23.1 Å². The molecule has 3 nitrogen and oxygen atoms in total. The van der Waals surface area contributed by atoms with Crippen molar-refractivity contribution in [3.05, 3.63) is 28.3 Å². The summed E-state index contributed by atoms with van der Waals surface area (Å²) in [6, 6.07) is 0. The summed E-state index contributed by atoms with van der Waals surface area (Å²) in [6.07, 6.45) is 10.3. The van der Waals surface area contributed by atoms with Gasteiger partial charge in [-0.1, -0.05) is 0 Å². The summed E-state index contributed by atoms with van der Waals surface area (Å²) in [5.74, 6) is 0.262. The third-order valence-electron chi connectivity index (χ3n) is 4.07. The molecule has 0 saturated carbocycles. The Morgan fingerprint density at radius 1 is 1.24 bits per heavy atom. The molecule has 3 rings (SSSR count). The molecule has 0 unspecified atom stereocenters. The highest BCUT2D eigenvalue weighted by Crippen LogP contribution is 2.39. The van der Waals surface area contributed by atoms with Gasteiger partial charge in [0, 0.05) is 37.3 Å². The van der Waals surface area contributed by atoms with Gasteiger partial charge in [-0.15, -0.1) is 23.1 Å². The average Bonchev–Trinajstić information content (AvgIpc) is 3.12. The molecular weight excluding hydrogens is 302 g/mol. The Hall–Kier alpha value is -1.07. The SMILES string of the molecule is CSc1sc(C(=O)C=CN2CCCC2)c2c1C(=O)CCC2. The van der Waals surface area contributed by atoms with E-state index in [-0.39, 0.29) is 11.6 Å². The monoisotopic (exact) mass is 321 g/mol. The summed E-state index contributed by atoms with van der Waals surface area (Å²) in [7, 11) is 0. The number of thiophene rings is 1. The molecule has 2 aliphatic rings. The van der Waals surface area contributed by atoms with Crippen LogP contribution < -0.4 is 0 Å². The van der Waals surface area contributed by atoms with Gasteiger partial charge in [0.15, 0.2) is 11.6 Å². The highest BCUT2D eigenvalue weighted by Gasteiger charge is 2.28. The molecule has 1 fully saturated rings. The number of carbonyl (C=O) groups is 2. The topological polar surface area (TPSA) is 37.4 Å². The van der Waals surface area contributed by atoms with Crippen molar-refractivity contribution in [2.24, 2.45) is 0 Å². The molecule has 0 aromatic carbocycles. The molecule has 112 valence electrons. The number of ketones is 2. The number of Topliss-reactive ketones (excluding diaryl/α,β-unsaturated/α-hetero) is 1. The molecule has 1 aliphatic carbocycles. The predicted molar refractivity (Wildman–Crippen MR) is 87.6 cm³/mol. The van der Waals surface area contributed by atoms with Gasteiger partial charge in [0.05, 0.1) is 9.09 Å². The van der Waals surface area contributed by atoms with Crippen LogP contribution in [0.25, 0.3) is 0 Å². The number of nitrogens with zero attached hydrogens (tertiary/aromatic N) is 1. The van der Waals surface area contributed by atoms with Crippen LogP contribution in [0.1, 0.15) is 51.3 Å². The maximum Gasteiger partial charge on any atom is 0.197 e. The van der Waals surface area contributed by atoms with Crippen molar-refractivity contribution in [3.8, 4) is 0 Å². The smallest absolute Gasteiger partial charge is 0.197 e. The van der Waals surface area contributed by atoms with Gasteiger partial charge in [0.2, 0.25) is 0 Å². The number of thioether (sulfide) groups is 1. The third kappa shape index (κ3) is 2.94. The quantitative estimate of drug-likeness (QED) is 0.480. The zero-order valence-electron chi connectivity index (χ0n) is 12.2. The summed E-state index contributed by atoms with van der Waals surface area (Å²) in [5.41, 5.74) is 1.83. The molecule has 1 aliphatic heterocycles. The van der Waals surface area contributed by atoms with E-state index in [1.807, 2.05) is 12.5 Å². The number of rotatable bonds is 4. The first-order valence-electron chi connectivity index (χ1n) is 7.40. The summed E-state index contributed by atoms with van der Waals surface area (Å²) < 4.78 is 1.01. The number of hydrogen-bond acceptors (Lipinski definition) is 5. The molecule has 0 amide bonds. The second-order valence-electron chi connectivity index (χ2n) is 5.48. The summed E-state index contributed by atoms with van der Waals surface area (Å²) in [6.45, 7) is 2.09. The van der Waals surface area contributed by atoms with E-state index in [1.54, 1.807) is 17.8 Å². The number of hydrogen-bond donors (Lipinski definition) is 0. The average molecular weight is 321 g/mol. The van der Waals surface area contributed by atoms with Gasteiger partial charge in [-0.3, -0.25) is 9.59 Å². The Balaban J connectivity index is 1.87. The fourth-order valence-electron chi connectivity index (χ4n) is 3.00. The number of carbonyl (C=O) groups excluding carboxylic acids is 2. The highest BCUT2D eigenvalue weighted by atomic mass is 32.2. The van der Waals surface area contributed by atoms with Crippen molar-refractivity contribution in [1.29, 1.82) is 0 Å². The third-order valence-corrected chi connectivity index (χ3v) is 6.44. The molecule has 2 heterocycles. The van der Waals surface area contributed by atoms with Crippen LogP contribution in [-0.2, 0) is 6.42 Å². The van der Waals surface area contributed by atoms with Crippen LogP contribution in [0.5, 0.6) is 0 Å². The maximum absolute atomic E-state index is 12.5. The van der Waals surface area contributed by atoms with Gasteiger partial charge in [-0.25, -0.2) is 0 Å². The zero-order valence-corrected chi connectivity index (χ0v) is 13.8. The van der Waals surface area contributed by atoms with Crippen LogP contribution in [0.15, 0.2) is 16.5 Å². The minimum absolute atomic E-state index is 0.0538. The lowest BCUT2D eigenvalue weighted by atomic mass is 9.92. The van der Waals surface area contributed by atoms with E-state index in [4.69, 9.17) is 0 Å².